The summed E-state index contributed by atoms with van der Waals surface area (Å²) in [4.78, 5) is 36.5. The van der Waals surface area contributed by atoms with Gasteiger partial charge in [-0.15, -0.1) is 6.58 Å². The van der Waals surface area contributed by atoms with E-state index in [9.17, 15) is 14.4 Å². The lowest BCUT2D eigenvalue weighted by molar-refractivity contribution is -0.116. The molecule has 0 radical (unpaired) electrons. The number of allylic oxidation sites excluding steroid dienone is 3. The monoisotopic (exact) mass is 319 g/mol. The molecule has 0 spiro atoms. The van der Waals surface area contributed by atoms with Gasteiger partial charge >= 0.3 is 0 Å². The maximum Gasteiger partial charge on any atom is 0.279 e. The van der Waals surface area contributed by atoms with E-state index in [2.05, 4.69) is 25.7 Å². The van der Waals surface area contributed by atoms with E-state index in [0.717, 1.165) is 18.2 Å². The molecule has 5 heteroatoms. The summed E-state index contributed by atoms with van der Waals surface area (Å²) in [5.74, 6) is 0.654. The minimum absolute atomic E-state index is 0.0883. The summed E-state index contributed by atoms with van der Waals surface area (Å²) in [5.41, 5.74) is 1.10. The first kappa shape index (κ1) is 16.7. The number of hydrogen-bond acceptors (Lipinski definition) is 4. The molecule has 0 aromatic heterocycles. The highest BCUT2D eigenvalue weighted by Gasteiger charge is 2.38. The quantitative estimate of drug-likeness (QED) is 0.639. The average Bonchev–Trinajstić information content (AvgIpc) is 2.48. The number of thioether (sulfide) groups is 1. The van der Waals surface area contributed by atoms with Crippen molar-refractivity contribution in [2.24, 2.45) is 11.8 Å². The largest absolute Gasteiger partial charge is 0.340 e. The Bertz CT molecular complexity index is 574. The van der Waals surface area contributed by atoms with Crippen molar-refractivity contribution < 1.29 is 14.4 Å². The number of amides is 1. The van der Waals surface area contributed by atoms with Gasteiger partial charge in [-0.25, -0.2) is 0 Å². The van der Waals surface area contributed by atoms with Crippen molar-refractivity contribution in [1.82, 2.24) is 5.32 Å². The average molecular weight is 319 g/mol. The van der Waals surface area contributed by atoms with Crippen LogP contribution in [0.15, 0.2) is 36.0 Å². The van der Waals surface area contributed by atoms with Crippen LogP contribution in [0.3, 0.4) is 0 Å². The molecule has 1 N–H and O–H groups in total. The van der Waals surface area contributed by atoms with Gasteiger partial charge in [-0.2, -0.15) is 0 Å². The van der Waals surface area contributed by atoms with E-state index in [1.807, 2.05) is 0 Å². The van der Waals surface area contributed by atoms with Crippen molar-refractivity contribution >= 4 is 28.6 Å². The van der Waals surface area contributed by atoms with Gasteiger partial charge in [-0.3, -0.25) is 14.4 Å². The molecule has 4 nitrogen and oxygen atoms in total. The van der Waals surface area contributed by atoms with Gasteiger partial charge in [-0.05, 0) is 36.8 Å². The van der Waals surface area contributed by atoms with Gasteiger partial charge in [-0.1, -0.05) is 31.7 Å². The van der Waals surface area contributed by atoms with Gasteiger partial charge in [0.15, 0.2) is 11.6 Å². The fourth-order valence-electron chi connectivity index (χ4n) is 3.10. The highest BCUT2D eigenvalue weighted by atomic mass is 32.2. The Morgan fingerprint density at radius 2 is 1.95 bits per heavy atom. The number of hydrogen-bond donors (Lipinski definition) is 1. The molecule has 0 bridgehead atoms. The molecule has 0 unspecified atom stereocenters. The van der Waals surface area contributed by atoms with E-state index in [1.165, 1.54) is 12.2 Å². The number of nitrogens with one attached hydrogen (secondary N) is 1. The van der Waals surface area contributed by atoms with Crippen LogP contribution < -0.4 is 5.32 Å². The Morgan fingerprint density at radius 3 is 2.55 bits per heavy atom. The van der Waals surface area contributed by atoms with Crippen LogP contribution in [-0.2, 0) is 9.59 Å². The Kier molecular flexibility index (Phi) is 5.40. The molecular weight excluding hydrogens is 298 g/mol. The summed E-state index contributed by atoms with van der Waals surface area (Å²) in [7, 11) is 0. The van der Waals surface area contributed by atoms with Gasteiger partial charge < -0.3 is 5.32 Å². The minimum Gasteiger partial charge on any atom is -0.340 e. The van der Waals surface area contributed by atoms with Crippen LogP contribution in [0.5, 0.6) is 0 Å². The van der Waals surface area contributed by atoms with Crippen molar-refractivity contribution in [2.45, 2.75) is 32.7 Å². The summed E-state index contributed by atoms with van der Waals surface area (Å²) >= 11 is 1.11. The summed E-state index contributed by atoms with van der Waals surface area (Å²) < 4.78 is 0. The molecule has 2 rings (SSSR count). The van der Waals surface area contributed by atoms with Crippen molar-refractivity contribution in [3.8, 4) is 0 Å². The molecule has 0 aromatic rings. The Labute approximate surface area is 135 Å². The Balaban J connectivity index is 2.29. The molecule has 0 aliphatic heterocycles. The van der Waals surface area contributed by atoms with Crippen molar-refractivity contribution in [2.75, 3.05) is 5.75 Å². The number of carbonyl (C=O) groups is 3. The van der Waals surface area contributed by atoms with E-state index < -0.39 is 0 Å². The number of rotatable bonds is 4. The van der Waals surface area contributed by atoms with Crippen molar-refractivity contribution in [1.29, 1.82) is 0 Å². The first-order valence-corrected chi connectivity index (χ1v) is 8.49. The molecule has 22 heavy (non-hydrogen) atoms. The van der Waals surface area contributed by atoms with Gasteiger partial charge in [0.25, 0.3) is 5.24 Å². The lowest BCUT2D eigenvalue weighted by Gasteiger charge is -2.35. The van der Waals surface area contributed by atoms with E-state index in [1.54, 1.807) is 6.08 Å². The third-order valence-corrected chi connectivity index (χ3v) is 4.90. The van der Waals surface area contributed by atoms with Gasteiger partial charge in [0.1, 0.15) is 0 Å². The second kappa shape index (κ2) is 7.09. The zero-order valence-corrected chi connectivity index (χ0v) is 13.7. The summed E-state index contributed by atoms with van der Waals surface area (Å²) in [6.07, 6.45) is 5.82. The number of carbonyl (C=O) groups excluding carboxylic acids is 3. The van der Waals surface area contributed by atoms with Crippen LogP contribution >= 0.6 is 11.8 Å². The van der Waals surface area contributed by atoms with E-state index in [4.69, 9.17) is 0 Å². The molecule has 118 valence electrons. The fraction of sp³-hybridized carbons (Fsp3) is 0.471. The second-order valence-corrected chi connectivity index (χ2v) is 6.89. The van der Waals surface area contributed by atoms with Gasteiger partial charge in [0, 0.05) is 16.9 Å². The van der Waals surface area contributed by atoms with Crippen LogP contribution in [0.2, 0.25) is 0 Å². The third kappa shape index (κ3) is 3.40. The highest BCUT2D eigenvalue weighted by Crippen LogP contribution is 2.38. The zero-order valence-electron chi connectivity index (χ0n) is 12.9. The molecule has 0 fully saturated rings. The highest BCUT2D eigenvalue weighted by molar-refractivity contribution is 8.13. The standard InChI is InChI=1S/C17H21NO3S/c1-4-9-22-17(21)18-12-6-5-11(10(2)3)15-13(19)7-8-14(20)16(12)15/h4,7-8,10-12H,1,5-6,9H2,2-3H3,(H,18,21)/t11-,12-/m0/s1. The first-order chi connectivity index (χ1) is 10.5. The van der Waals surface area contributed by atoms with E-state index >= 15 is 0 Å². The molecule has 1 amide bonds. The Hall–Kier alpha value is -1.62. The first-order valence-electron chi connectivity index (χ1n) is 7.50. The predicted octanol–water partition coefficient (Wildman–Crippen LogP) is 3.05. The minimum atomic E-state index is -0.365. The van der Waals surface area contributed by atoms with Crippen LogP contribution in [0.25, 0.3) is 0 Å². The third-order valence-electron chi connectivity index (χ3n) is 4.12. The maximum absolute atomic E-state index is 12.3. The summed E-state index contributed by atoms with van der Waals surface area (Å²) in [6, 6.07) is -0.365. The van der Waals surface area contributed by atoms with Crippen LogP contribution in [0.4, 0.5) is 4.79 Å². The van der Waals surface area contributed by atoms with E-state index in [-0.39, 0.29) is 28.8 Å². The molecule has 2 atom stereocenters. The Morgan fingerprint density at radius 1 is 1.32 bits per heavy atom. The normalized spacial score (nSPS) is 24.5. The lowest BCUT2D eigenvalue weighted by atomic mass is 9.70. The summed E-state index contributed by atoms with van der Waals surface area (Å²) in [5, 5.41) is 2.69. The van der Waals surface area contributed by atoms with E-state index in [0.29, 0.717) is 29.2 Å². The van der Waals surface area contributed by atoms with Crippen molar-refractivity contribution in [3.63, 3.8) is 0 Å². The molecule has 0 saturated heterocycles. The molecule has 2 aliphatic rings. The topological polar surface area (TPSA) is 63.2 Å². The van der Waals surface area contributed by atoms with Gasteiger partial charge in [0.05, 0.1) is 6.04 Å². The number of ketones is 2. The second-order valence-electron chi connectivity index (χ2n) is 5.90. The zero-order chi connectivity index (χ0) is 16.3. The van der Waals surface area contributed by atoms with Crippen LogP contribution in [-0.4, -0.2) is 28.6 Å². The lowest BCUT2D eigenvalue weighted by Crippen LogP contribution is -2.43. The van der Waals surface area contributed by atoms with Crippen LogP contribution in [0, 0.1) is 11.8 Å². The molecule has 0 aromatic carbocycles. The maximum atomic E-state index is 12.3. The molecular formula is C17H21NO3S. The smallest absolute Gasteiger partial charge is 0.279 e. The fourth-order valence-corrected chi connectivity index (χ4v) is 3.60. The molecule has 0 saturated carbocycles. The van der Waals surface area contributed by atoms with Gasteiger partial charge in [0.2, 0.25) is 0 Å². The van der Waals surface area contributed by atoms with Crippen LogP contribution in [0.1, 0.15) is 26.7 Å². The molecule has 0 heterocycles. The predicted molar refractivity (Wildman–Crippen MR) is 88.7 cm³/mol. The van der Waals surface area contributed by atoms with Crippen molar-refractivity contribution in [3.05, 3.63) is 36.0 Å². The summed E-state index contributed by atoms with van der Waals surface area (Å²) in [6.45, 7) is 7.70. The molecule has 2 aliphatic carbocycles. The SMILES string of the molecule is C=CCSC(=O)N[C@H]1CC[C@@H](C(C)C)C2=C1C(=O)C=CC2=O.